The number of hydrogen-bond donors (Lipinski definition) is 0. The molecule has 1 aromatic carbocycles. The number of aromatic nitrogens is 2. The van der Waals surface area contributed by atoms with Gasteiger partial charge in [-0.25, -0.2) is 0 Å². The SMILES string of the molecule is Cl.Clc1ccc(CC2CCC3C(C=CC4=CCCc5c4n3c3ccncc53)C2)cc1. The van der Waals surface area contributed by atoms with Crippen LogP contribution < -0.4 is 0 Å². The number of rotatable bonds is 2. The Labute approximate surface area is 189 Å². The van der Waals surface area contributed by atoms with Crippen molar-refractivity contribution >= 4 is 40.5 Å². The molecule has 30 heavy (non-hydrogen) atoms. The fourth-order valence-corrected chi connectivity index (χ4v) is 6.05. The lowest BCUT2D eigenvalue weighted by atomic mass is 9.75. The van der Waals surface area contributed by atoms with E-state index in [0.717, 1.165) is 30.2 Å². The third-order valence-corrected chi connectivity index (χ3v) is 7.46. The van der Waals surface area contributed by atoms with Gasteiger partial charge in [0.15, 0.2) is 0 Å². The van der Waals surface area contributed by atoms with Gasteiger partial charge >= 0.3 is 0 Å². The van der Waals surface area contributed by atoms with E-state index in [1.807, 2.05) is 18.3 Å². The molecule has 2 nitrogen and oxygen atoms in total. The maximum atomic E-state index is 6.07. The molecule has 0 spiro atoms. The van der Waals surface area contributed by atoms with E-state index in [1.165, 1.54) is 52.6 Å². The maximum absolute atomic E-state index is 6.07. The van der Waals surface area contributed by atoms with Gasteiger partial charge in [0, 0.05) is 28.8 Å². The summed E-state index contributed by atoms with van der Waals surface area (Å²) in [5.41, 5.74) is 7.20. The Kier molecular flexibility index (Phi) is 5.24. The van der Waals surface area contributed by atoms with Gasteiger partial charge in [-0.15, -0.1) is 12.4 Å². The van der Waals surface area contributed by atoms with Gasteiger partial charge in [0.2, 0.25) is 0 Å². The number of pyridine rings is 1. The molecule has 2 aromatic heterocycles. The van der Waals surface area contributed by atoms with Crippen molar-refractivity contribution in [3.8, 4) is 0 Å². The molecule has 4 heteroatoms. The van der Waals surface area contributed by atoms with Crippen molar-refractivity contribution < 1.29 is 0 Å². The Balaban J connectivity index is 0.00000193. The molecule has 3 atom stereocenters. The Morgan fingerprint density at radius 1 is 1.10 bits per heavy atom. The first-order valence-corrected chi connectivity index (χ1v) is 11.3. The van der Waals surface area contributed by atoms with E-state index in [-0.39, 0.29) is 12.4 Å². The van der Waals surface area contributed by atoms with Crippen LogP contribution in [-0.2, 0) is 12.8 Å². The number of fused-ring (bicyclic) bond motifs is 5. The summed E-state index contributed by atoms with van der Waals surface area (Å²) in [4.78, 5) is 4.45. The van der Waals surface area contributed by atoms with Gasteiger partial charge in [-0.1, -0.05) is 42.0 Å². The van der Waals surface area contributed by atoms with Crippen LogP contribution >= 0.6 is 24.0 Å². The molecule has 0 amide bonds. The average molecular weight is 437 g/mol. The summed E-state index contributed by atoms with van der Waals surface area (Å²) in [6.07, 6.45) is 18.6. The van der Waals surface area contributed by atoms with Gasteiger partial charge in [-0.2, -0.15) is 0 Å². The predicted octanol–water partition coefficient (Wildman–Crippen LogP) is 7.21. The quantitative estimate of drug-likeness (QED) is 0.414. The lowest BCUT2D eigenvalue weighted by Gasteiger charge is -2.36. The van der Waals surface area contributed by atoms with Crippen molar-refractivity contribution in [3.05, 3.63) is 82.8 Å². The summed E-state index contributed by atoms with van der Waals surface area (Å²) in [6.45, 7) is 0. The number of nitrogens with zero attached hydrogens (tertiary/aromatic N) is 2. The number of allylic oxidation sites excluding steroid dienone is 4. The maximum Gasteiger partial charge on any atom is 0.0524 e. The molecule has 6 rings (SSSR count). The third-order valence-electron chi connectivity index (χ3n) is 7.20. The van der Waals surface area contributed by atoms with Gasteiger partial charge in [0.25, 0.3) is 0 Å². The van der Waals surface area contributed by atoms with Crippen molar-refractivity contribution in [2.75, 3.05) is 0 Å². The minimum absolute atomic E-state index is 0. The van der Waals surface area contributed by atoms with Crippen molar-refractivity contribution in [2.45, 2.75) is 44.6 Å². The van der Waals surface area contributed by atoms with Crippen LogP contribution in [0.1, 0.15) is 48.5 Å². The highest BCUT2D eigenvalue weighted by Crippen LogP contribution is 2.47. The molecule has 1 aliphatic heterocycles. The lowest BCUT2D eigenvalue weighted by Crippen LogP contribution is -2.27. The van der Waals surface area contributed by atoms with E-state index >= 15 is 0 Å². The predicted molar refractivity (Wildman–Crippen MR) is 127 cm³/mol. The van der Waals surface area contributed by atoms with Crippen molar-refractivity contribution in [2.24, 2.45) is 11.8 Å². The Morgan fingerprint density at radius 2 is 1.97 bits per heavy atom. The van der Waals surface area contributed by atoms with Crippen LogP contribution in [0.4, 0.5) is 0 Å². The molecule has 3 heterocycles. The topological polar surface area (TPSA) is 17.8 Å². The van der Waals surface area contributed by atoms with E-state index in [4.69, 9.17) is 11.6 Å². The molecule has 1 fully saturated rings. The zero-order valence-electron chi connectivity index (χ0n) is 16.9. The number of aryl methyl sites for hydroxylation is 1. The van der Waals surface area contributed by atoms with E-state index in [2.05, 4.69) is 52.2 Å². The fourth-order valence-electron chi connectivity index (χ4n) is 5.92. The first-order valence-electron chi connectivity index (χ1n) is 10.9. The number of halogens is 2. The minimum atomic E-state index is 0. The molecule has 0 N–H and O–H groups in total. The zero-order valence-corrected chi connectivity index (χ0v) is 18.5. The molecule has 0 radical (unpaired) electrons. The normalized spacial score (nSPS) is 24.4. The van der Waals surface area contributed by atoms with Crippen LogP contribution in [0.15, 0.2) is 61.0 Å². The molecular formula is C26H26Cl2N2. The summed E-state index contributed by atoms with van der Waals surface area (Å²) >= 11 is 6.07. The monoisotopic (exact) mass is 436 g/mol. The Morgan fingerprint density at radius 3 is 2.83 bits per heavy atom. The second-order valence-corrected chi connectivity index (χ2v) is 9.32. The fraction of sp³-hybridized carbons (Fsp3) is 0.346. The largest absolute Gasteiger partial charge is 0.336 e. The van der Waals surface area contributed by atoms with Crippen molar-refractivity contribution in [1.29, 1.82) is 0 Å². The lowest BCUT2D eigenvalue weighted by molar-refractivity contribution is 0.221. The summed E-state index contributed by atoms with van der Waals surface area (Å²) in [7, 11) is 0. The summed E-state index contributed by atoms with van der Waals surface area (Å²) < 4.78 is 2.68. The zero-order chi connectivity index (χ0) is 19.4. The first kappa shape index (κ1) is 19.9. The van der Waals surface area contributed by atoms with E-state index in [0.29, 0.717) is 12.0 Å². The van der Waals surface area contributed by atoms with Crippen molar-refractivity contribution in [1.82, 2.24) is 9.55 Å². The van der Waals surface area contributed by atoms with Crippen LogP contribution in [-0.4, -0.2) is 9.55 Å². The Hall–Kier alpha value is -2.03. The molecule has 3 aromatic rings. The second-order valence-electron chi connectivity index (χ2n) is 8.89. The summed E-state index contributed by atoms with van der Waals surface area (Å²) in [6, 6.07) is 11.2. The summed E-state index contributed by atoms with van der Waals surface area (Å²) in [5.74, 6) is 1.34. The molecule has 1 saturated carbocycles. The van der Waals surface area contributed by atoms with Crippen LogP contribution in [0.25, 0.3) is 16.5 Å². The Bertz CT molecular complexity index is 1140. The highest BCUT2D eigenvalue weighted by molar-refractivity contribution is 6.30. The average Bonchev–Trinajstić information content (AvgIpc) is 2.99. The number of benzene rings is 1. The molecule has 154 valence electrons. The number of hydrogen-bond acceptors (Lipinski definition) is 1. The van der Waals surface area contributed by atoms with Gasteiger partial charge in [-0.3, -0.25) is 4.98 Å². The van der Waals surface area contributed by atoms with Crippen LogP contribution in [0.5, 0.6) is 0 Å². The molecule has 0 saturated heterocycles. The standard InChI is InChI=1S/C26H25ClN2.ClH/c27-21-9-4-17(5-10-21)14-18-6-11-24-20(15-18)8-7-19-2-1-3-22-23-16-28-13-12-25(23)29(24)26(19)22;/h2,4-5,7-10,12-13,16,18,20,24H,1,3,6,11,14-15H2;1H. The molecule has 0 bridgehead atoms. The minimum Gasteiger partial charge on any atom is -0.336 e. The van der Waals surface area contributed by atoms with Crippen LogP contribution in [0, 0.1) is 11.8 Å². The molecule has 3 unspecified atom stereocenters. The smallest absolute Gasteiger partial charge is 0.0524 e. The van der Waals surface area contributed by atoms with Gasteiger partial charge in [0.1, 0.15) is 0 Å². The van der Waals surface area contributed by atoms with E-state index < -0.39 is 0 Å². The van der Waals surface area contributed by atoms with E-state index in [1.54, 1.807) is 0 Å². The van der Waals surface area contributed by atoms with Gasteiger partial charge in [-0.05, 0) is 85.3 Å². The molecular weight excluding hydrogens is 411 g/mol. The highest BCUT2D eigenvalue weighted by Gasteiger charge is 2.35. The van der Waals surface area contributed by atoms with Gasteiger partial charge < -0.3 is 4.57 Å². The van der Waals surface area contributed by atoms with E-state index in [9.17, 15) is 0 Å². The second kappa shape index (κ2) is 7.90. The third kappa shape index (κ3) is 3.21. The first-order chi connectivity index (χ1) is 14.3. The van der Waals surface area contributed by atoms with Crippen LogP contribution in [0.3, 0.4) is 0 Å². The highest BCUT2D eigenvalue weighted by atomic mass is 35.5. The van der Waals surface area contributed by atoms with Crippen molar-refractivity contribution in [3.63, 3.8) is 0 Å². The van der Waals surface area contributed by atoms with Crippen LogP contribution in [0.2, 0.25) is 5.02 Å². The molecule has 2 aliphatic carbocycles. The molecule has 3 aliphatic rings. The van der Waals surface area contributed by atoms with Gasteiger partial charge in [0.05, 0.1) is 11.2 Å². The summed E-state index contributed by atoms with van der Waals surface area (Å²) in [5, 5.41) is 2.19.